The molecule has 29 heavy (non-hydrogen) atoms. The minimum atomic E-state index is -0.301. The number of hydrogen-bond donors (Lipinski definition) is 1. The van der Waals surface area contributed by atoms with Crippen LogP contribution in [0.2, 0.25) is 0 Å². The number of anilines is 1. The predicted octanol–water partition coefficient (Wildman–Crippen LogP) is 4.68. The molecule has 5 nitrogen and oxygen atoms in total. The number of rotatable bonds is 5. The molecule has 1 N–H and O–H groups in total. The summed E-state index contributed by atoms with van der Waals surface area (Å²) in [5.41, 5.74) is 1.48. The smallest absolute Gasteiger partial charge is 0.310 e. The molecule has 1 heterocycles. The van der Waals surface area contributed by atoms with E-state index in [0.29, 0.717) is 5.13 Å². The molecule has 0 radical (unpaired) electrons. The third-order valence-electron chi connectivity index (χ3n) is 7.02. The quantitative estimate of drug-likeness (QED) is 0.727. The molecule has 4 bridgehead atoms. The van der Waals surface area contributed by atoms with E-state index < -0.39 is 0 Å². The van der Waals surface area contributed by atoms with Crippen molar-refractivity contribution in [2.75, 3.05) is 12.4 Å². The van der Waals surface area contributed by atoms with Crippen molar-refractivity contribution in [2.24, 2.45) is 23.2 Å². The van der Waals surface area contributed by atoms with Gasteiger partial charge >= 0.3 is 5.97 Å². The molecule has 1 aromatic carbocycles. The van der Waals surface area contributed by atoms with Crippen molar-refractivity contribution in [2.45, 2.75) is 44.9 Å². The Labute approximate surface area is 174 Å². The SMILES string of the molecule is COC(=O)Cc1sc(NC(=O)C23CC4CC(CC(C4)C2)C3)nc1-c1ccccc1. The molecule has 0 saturated heterocycles. The zero-order chi connectivity index (χ0) is 20.0. The number of thiazole rings is 1. The number of nitrogens with zero attached hydrogens (tertiary/aromatic N) is 1. The number of carbonyl (C=O) groups excluding carboxylic acids is 2. The second-order valence-electron chi connectivity index (χ2n) is 9.06. The van der Waals surface area contributed by atoms with Gasteiger partial charge in [0.1, 0.15) is 0 Å². The van der Waals surface area contributed by atoms with Crippen molar-refractivity contribution < 1.29 is 14.3 Å². The third-order valence-corrected chi connectivity index (χ3v) is 7.99. The Kier molecular flexibility index (Phi) is 4.69. The van der Waals surface area contributed by atoms with E-state index in [0.717, 1.165) is 53.2 Å². The summed E-state index contributed by atoms with van der Waals surface area (Å²) in [6, 6.07) is 9.79. The van der Waals surface area contributed by atoms with Gasteiger partial charge in [-0.15, -0.1) is 11.3 Å². The fourth-order valence-corrected chi connectivity index (χ4v) is 7.13. The number of carbonyl (C=O) groups is 2. The molecular weight excluding hydrogens is 384 g/mol. The fraction of sp³-hybridized carbons (Fsp3) is 0.522. The summed E-state index contributed by atoms with van der Waals surface area (Å²) in [4.78, 5) is 30.8. The summed E-state index contributed by atoms with van der Waals surface area (Å²) in [6.45, 7) is 0. The lowest BCUT2D eigenvalue weighted by Crippen LogP contribution is -2.51. The molecule has 6 heteroatoms. The maximum absolute atomic E-state index is 13.4. The van der Waals surface area contributed by atoms with Crippen LogP contribution in [0.25, 0.3) is 11.3 Å². The van der Waals surface area contributed by atoms with Crippen LogP contribution in [0.1, 0.15) is 43.4 Å². The standard InChI is InChI=1S/C23H26N2O3S/c1-28-19(26)10-18-20(17-5-3-2-4-6-17)24-22(29-18)25-21(27)23-11-14-7-15(12-23)9-16(8-14)13-23/h2-6,14-16H,7-13H2,1H3,(H,24,25,27). The van der Waals surface area contributed by atoms with E-state index in [1.165, 1.54) is 37.7 Å². The summed E-state index contributed by atoms with van der Waals surface area (Å²) in [5.74, 6) is 1.99. The molecule has 0 spiro atoms. The topological polar surface area (TPSA) is 68.3 Å². The lowest BCUT2D eigenvalue weighted by molar-refractivity contribution is -0.140. The number of amides is 1. The molecular formula is C23H26N2O3S. The van der Waals surface area contributed by atoms with Gasteiger partial charge in [0, 0.05) is 10.4 Å². The largest absolute Gasteiger partial charge is 0.469 e. The Balaban J connectivity index is 1.41. The molecule has 2 aromatic rings. The van der Waals surface area contributed by atoms with Crippen LogP contribution in [0.4, 0.5) is 5.13 Å². The summed E-state index contributed by atoms with van der Waals surface area (Å²) < 4.78 is 4.85. The van der Waals surface area contributed by atoms with Crippen LogP contribution in [0.3, 0.4) is 0 Å². The molecule has 6 rings (SSSR count). The molecule has 4 fully saturated rings. The number of hydrogen-bond acceptors (Lipinski definition) is 5. The molecule has 1 amide bonds. The second kappa shape index (κ2) is 7.24. The Bertz CT molecular complexity index is 902. The van der Waals surface area contributed by atoms with Crippen molar-refractivity contribution in [3.8, 4) is 11.3 Å². The molecule has 4 aliphatic carbocycles. The van der Waals surface area contributed by atoms with Crippen LogP contribution in [-0.4, -0.2) is 24.0 Å². The van der Waals surface area contributed by atoms with Gasteiger partial charge in [-0.3, -0.25) is 9.59 Å². The zero-order valence-electron chi connectivity index (χ0n) is 16.6. The van der Waals surface area contributed by atoms with E-state index in [4.69, 9.17) is 9.72 Å². The van der Waals surface area contributed by atoms with Crippen molar-refractivity contribution >= 4 is 28.3 Å². The van der Waals surface area contributed by atoms with Gasteiger partial charge in [0.2, 0.25) is 5.91 Å². The van der Waals surface area contributed by atoms with E-state index in [2.05, 4.69) is 5.32 Å². The maximum Gasteiger partial charge on any atom is 0.310 e. The number of nitrogens with one attached hydrogen (secondary N) is 1. The summed E-state index contributed by atoms with van der Waals surface area (Å²) in [5, 5.41) is 3.72. The number of ether oxygens (including phenoxy) is 1. The van der Waals surface area contributed by atoms with E-state index in [9.17, 15) is 9.59 Å². The van der Waals surface area contributed by atoms with Crippen molar-refractivity contribution in [1.82, 2.24) is 4.98 Å². The Morgan fingerprint density at radius 2 is 1.72 bits per heavy atom. The van der Waals surface area contributed by atoms with E-state index in [1.54, 1.807) is 0 Å². The molecule has 0 atom stereocenters. The lowest BCUT2D eigenvalue weighted by atomic mass is 9.49. The van der Waals surface area contributed by atoms with Crippen LogP contribution in [-0.2, 0) is 20.7 Å². The second-order valence-corrected chi connectivity index (χ2v) is 10.1. The number of aromatic nitrogens is 1. The molecule has 152 valence electrons. The number of methoxy groups -OCH3 is 1. The van der Waals surface area contributed by atoms with Crippen LogP contribution < -0.4 is 5.32 Å². The number of benzene rings is 1. The normalized spacial score (nSPS) is 29.6. The first-order valence-electron chi connectivity index (χ1n) is 10.5. The zero-order valence-corrected chi connectivity index (χ0v) is 17.5. The van der Waals surface area contributed by atoms with Gasteiger partial charge < -0.3 is 10.1 Å². The lowest BCUT2D eigenvalue weighted by Gasteiger charge is -2.55. The predicted molar refractivity (Wildman–Crippen MR) is 113 cm³/mol. The van der Waals surface area contributed by atoms with Crippen molar-refractivity contribution in [1.29, 1.82) is 0 Å². The highest BCUT2D eigenvalue weighted by Gasteiger charge is 2.54. The average molecular weight is 411 g/mol. The first-order valence-corrected chi connectivity index (χ1v) is 11.3. The van der Waals surface area contributed by atoms with Crippen LogP contribution in [0.15, 0.2) is 30.3 Å². The molecule has 4 aliphatic rings. The minimum Gasteiger partial charge on any atom is -0.469 e. The summed E-state index contributed by atoms with van der Waals surface area (Å²) >= 11 is 1.39. The van der Waals surface area contributed by atoms with Crippen LogP contribution in [0, 0.1) is 23.2 Å². The van der Waals surface area contributed by atoms with Gasteiger partial charge in [-0.1, -0.05) is 30.3 Å². The van der Waals surface area contributed by atoms with Gasteiger partial charge in [-0.2, -0.15) is 0 Å². The highest BCUT2D eigenvalue weighted by molar-refractivity contribution is 7.16. The van der Waals surface area contributed by atoms with Gasteiger partial charge in [0.15, 0.2) is 5.13 Å². The van der Waals surface area contributed by atoms with Crippen molar-refractivity contribution in [3.05, 3.63) is 35.2 Å². The van der Waals surface area contributed by atoms with E-state index in [-0.39, 0.29) is 23.7 Å². The van der Waals surface area contributed by atoms with Gasteiger partial charge in [0.25, 0.3) is 0 Å². The van der Waals surface area contributed by atoms with E-state index in [1.807, 2.05) is 30.3 Å². The first kappa shape index (κ1) is 18.8. The Morgan fingerprint density at radius 3 is 2.31 bits per heavy atom. The molecule has 4 saturated carbocycles. The van der Waals surface area contributed by atoms with Crippen LogP contribution in [0.5, 0.6) is 0 Å². The maximum atomic E-state index is 13.4. The average Bonchev–Trinajstić information content (AvgIpc) is 3.09. The molecule has 1 aromatic heterocycles. The monoisotopic (exact) mass is 410 g/mol. The third kappa shape index (κ3) is 3.48. The Hall–Kier alpha value is -2.21. The summed E-state index contributed by atoms with van der Waals surface area (Å²) in [6.07, 6.45) is 7.16. The first-order chi connectivity index (χ1) is 14.0. The van der Waals surface area contributed by atoms with Gasteiger partial charge in [0.05, 0.1) is 24.6 Å². The van der Waals surface area contributed by atoms with Crippen molar-refractivity contribution in [3.63, 3.8) is 0 Å². The van der Waals surface area contributed by atoms with Crippen LogP contribution >= 0.6 is 11.3 Å². The molecule has 0 aliphatic heterocycles. The molecule has 0 unspecified atom stereocenters. The Morgan fingerprint density at radius 1 is 1.10 bits per heavy atom. The minimum absolute atomic E-state index is 0.134. The number of esters is 1. The highest BCUT2D eigenvalue weighted by atomic mass is 32.1. The van der Waals surface area contributed by atoms with Gasteiger partial charge in [-0.25, -0.2) is 4.98 Å². The highest BCUT2D eigenvalue weighted by Crippen LogP contribution is 2.60. The summed E-state index contributed by atoms with van der Waals surface area (Å²) in [7, 11) is 1.39. The van der Waals surface area contributed by atoms with E-state index >= 15 is 0 Å². The van der Waals surface area contributed by atoms with Gasteiger partial charge in [-0.05, 0) is 56.3 Å². The fourth-order valence-electron chi connectivity index (χ4n) is 6.17.